The number of benzene rings is 2. The Morgan fingerprint density at radius 2 is 1.60 bits per heavy atom. The van der Waals surface area contributed by atoms with Gasteiger partial charge in [-0.3, -0.25) is 4.79 Å². The Morgan fingerprint density at radius 1 is 0.952 bits per heavy atom. The number of urea groups is 1. The molecule has 222 valence electrons. The van der Waals surface area contributed by atoms with Crippen molar-refractivity contribution in [3.8, 4) is 5.69 Å². The molecule has 4 aliphatic rings. The van der Waals surface area contributed by atoms with E-state index in [1.165, 1.54) is 24.8 Å². The molecule has 0 atom stereocenters. The largest absolute Gasteiger partial charge is 0.333 e. The lowest BCUT2D eigenvalue weighted by atomic mass is 9.53. The van der Waals surface area contributed by atoms with Crippen molar-refractivity contribution in [1.29, 1.82) is 0 Å². The van der Waals surface area contributed by atoms with E-state index in [0.29, 0.717) is 12.4 Å². The van der Waals surface area contributed by atoms with E-state index in [9.17, 15) is 9.59 Å². The van der Waals surface area contributed by atoms with E-state index in [4.69, 9.17) is 5.10 Å². The third-order valence-corrected chi connectivity index (χ3v) is 9.57. The van der Waals surface area contributed by atoms with E-state index in [0.717, 1.165) is 59.5 Å². The molecular formula is C35H45N5O2. The molecule has 4 saturated carbocycles. The maximum atomic E-state index is 13.9. The number of anilines is 1. The zero-order valence-corrected chi connectivity index (χ0v) is 25.7. The summed E-state index contributed by atoms with van der Waals surface area (Å²) in [5.41, 5.74) is 4.74. The van der Waals surface area contributed by atoms with Crippen LogP contribution in [0.4, 0.5) is 10.6 Å². The maximum Gasteiger partial charge on any atom is 0.318 e. The molecule has 1 heterocycles. The van der Waals surface area contributed by atoms with Crippen molar-refractivity contribution in [1.82, 2.24) is 20.0 Å². The lowest BCUT2D eigenvalue weighted by Crippen LogP contribution is -2.62. The Kier molecular flexibility index (Phi) is 7.40. The molecular weight excluding hydrogens is 522 g/mol. The summed E-state index contributed by atoms with van der Waals surface area (Å²) in [7, 11) is 0. The SMILES string of the molecule is Cc1ccc(-n2nc(C(C)(C)C)cc2NC(=O)CN(Cc2ccccc2)C(=O)NC23CC4CC(CC(C4)C2)C3)c(C)c1. The van der Waals surface area contributed by atoms with Crippen LogP contribution in [0.5, 0.6) is 0 Å². The highest BCUT2D eigenvalue weighted by Crippen LogP contribution is 2.55. The highest BCUT2D eigenvalue weighted by atomic mass is 16.2. The van der Waals surface area contributed by atoms with Crippen LogP contribution >= 0.6 is 0 Å². The van der Waals surface area contributed by atoms with Crippen LogP contribution in [-0.4, -0.2) is 38.7 Å². The maximum absolute atomic E-state index is 13.9. The molecule has 0 saturated heterocycles. The van der Waals surface area contributed by atoms with Crippen molar-refractivity contribution >= 4 is 17.8 Å². The number of amides is 3. The zero-order chi connectivity index (χ0) is 29.6. The molecule has 2 aromatic carbocycles. The van der Waals surface area contributed by atoms with Gasteiger partial charge in [-0.2, -0.15) is 5.10 Å². The van der Waals surface area contributed by atoms with Gasteiger partial charge in [0.15, 0.2) is 0 Å². The fraction of sp³-hybridized carbons (Fsp3) is 0.514. The van der Waals surface area contributed by atoms with Gasteiger partial charge < -0.3 is 15.5 Å². The van der Waals surface area contributed by atoms with E-state index in [2.05, 4.69) is 57.4 Å². The molecule has 4 fully saturated rings. The molecule has 3 amide bonds. The highest BCUT2D eigenvalue weighted by Gasteiger charge is 2.51. The zero-order valence-electron chi connectivity index (χ0n) is 25.7. The van der Waals surface area contributed by atoms with Crippen LogP contribution in [0.25, 0.3) is 5.69 Å². The molecule has 42 heavy (non-hydrogen) atoms. The predicted octanol–water partition coefficient (Wildman–Crippen LogP) is 6.91. The first-order valence-corrected chi connectivity index (χ1v) is 15.6. The Morgan fingerprint density at radius 3 is 2.19 bits per heavy atom. The minimum absolute atomic E-state index is 0.0456. The molecule has 7 heteroatoms. The number of aromatic nitrogens is 2. The van der Waals surface area contributed by atoms with Gasteiger partial charge in [-0.25, -0.2) is 9.48 Å². The topological polar surface area (TPSA) is 79.3 Å². The summed E-state index contributed by atoms with van der Waals surface area (Å²) in [5.74, 6) is 2.55. The predicted molar refractivity (Wildman–Crippen MR) is 167 cm³/mol. The van der Waals surface area contributed by atoms with Crippen LogP contribution in [-0.2, 0) is 16.8 Å². The van der Waals surface area contributed by atoms with Gasteiger partial charge in [-0.05, 0) is 87.3 Å². The van der Waals surface area contributed by atoms with Gasteiger partial charge in [0.2, 0.25) is 5.91 Å². The second-order valence-electron chi connectivity index (χ2n) is 14.4. The van der Waals surface area contributed by atoms with E-state index in [1.807, 2.05) is 47.1 Å². The van der Waals surface area contributed by atoms with Gasteiger partial charge >= 0.3 is 6.03 Å². The number of rotatable bonds is 7. The Balaban J connectivity index is 1.24. The van der Waals surface area contributed by atoms with Crippen LogP contribution in [0.1, 0.15) is 81.7 Å². The van der Waals surface area contributed by atoms with Crippen LogP contribution < -0.4 is 10.6 Å². The van der Waals surface area contributed by atoms with Gasteiger partial charge in [0.25, 0.3) is 0 Å². The molecule has 0 unspecified atom stereocenters. The third-order valence-electron chi connectivity index (χ3n) is 9.57. The van der Waals surface area contributed by atoms with Gasteiger partial charge in [0, 0.05) is 23.6 Å². The summed E-state index contributed by atoms with van der Waals surface area (Å²) in [6.45, 7) is 10.8. The Bertz CT molecular complexity index is 1430. The average Bonchev–Trinajstić information content (AvgIpc) is 3.32. The smallest absolute Gasteiger partial charge is 0.318 e. The fourth-order valence-corrected chi connectivity index (χ4v) is 7.99. The summed E-state index contributed by atoms with van der Waals surface area (Å²) in [4.78, 5) is 29.3. The van der Waals surface area contributed by atoms with E-state index in [1.54, 1.807) is 4.90 Å². The highest BCUT2D eigenvalue weighted by molar-refractivity contribution is 5.94. The second-order valence-corrected chi connectivity index (χ2v) is 14.4. The van der Waals surface area contributed by atoms with E-state index < -0.39 is 0 Å². The summed E-state index contributed by atoms with van der Waals surface area (Å²) < 4.78 is 1.82. The molecule has 0 radical (unpaired) electrons. The van der Waals surface area contributed by atoms with Crippen molar-refractivity contribution in [2.24, 2.45) is 17.8 Å². The van der Waals surface area contributed by atoms with E-state index in [-0.39, 0.29) is 29.4 Å². The van der Waals surface area contributed by atoms with Crippen molar-refractivity contribution in [2.75, 3.05) is 11.9 Å². The quantitative estimate of drug-likeness (QED) is 0.326. The van der Waals surface area contributed by atoms with Crippen molar-refractivity contribution in [2.45, 2.75) is 90.6 Å². The molecule has 4 bridgehead atoms. The summed E-state index contributed by atoms with van der Waals surface area (Å²) in [5, 5.41) is 11.5. The lowest BCUT2D eigenvalue weighted by Gasteiger charge is -2.57. The van der Waals surface area contributed by atoms with Crippen LogP contribution in [0.2, 0.25) is 0 Å². The first-order chi connectivity index (χ1) is 20.0. The van der Waals surface area contributed by atoms with Crippen molar-refractivity contribution < 1.29 is 9.59 Å². The molecule has 3 aromatic rings. The molecule has 1 aromatic heterocycles. The standard InChI is InChI=1S/C35H45N5O2/c1-23-11-12-29(24(2)13-23)40-31(17-30(38-40)34(3,4)5)36-32(41)22-39(21-25-9-7-6-8-10-25)33(42)37-35-18-26-14-27(19-35)16-28(15-26)20-35/h6-13,17,26-28H,14-16,18-22H2,1-5H3,(H,36,41)(H,37,42). The van der Waals surface area contributed by atoms with Gasteiger partial charge in [0.1, 0.15) is 12.4 Å². The molecule has 4 aliphatic carbocycles. The second kappa shape index (κ2) is 10.9. The van der Waals surface area contributed by atoms with Gasteiger partial charge in [-0.15, -0.1) is 0 Å². The van der Waals surface area contributed by atoms with Gasteiger partial charge in [-0.1, -0.05) is 68.8 Å². The minimum Gasteiger partial charge on any atom is -0.333 e. The summed E-state index contributed by atoms with van der Waals surface area (Å²) >= 11 is 0. The van der Waals surface area contributed by atoms with E-state index >= 15 is 0 Å². The average molecular weight is 568 g/mol. The number of hydrogen-bond donors (Lipinski definition) is 2. The van der Waals surface area contributed by atoms with Crippen molar-refractivity contribution in [3.05, 3.63) is 77.0 Å². The van der Waals surface area contributed by atoms with Crippen LogP contribution in [0.3, 0.4) is 0 Å². The monoisotopic (exact) mass is 567 g/mol. The first-order valence-electron chi connectivity index (χ1n) is 15.6. The van der Waals surface area contributed by atoms with Crippen LogP contribution in [0, 0.1) is 31.6 Å². The number of carbonyl (C=O) groups is 2. The summed E-state index contributed by atoms with van der Waals surface area (Å²) in [6, 6.07) is 18.0. The first kappa shape index (κ1) is 28.5. The molecule has 7 rings (SSSR count). The third kappa shape index (κ3) is 5.97. The normalized spacial score (nSPS) is 24.5. The number of aryl methyl sites for hydroxylation is 2. The molecule has 7 nitrogen and oxygen atoms in total. The Hall–Kier alpha value is -3.61. The summed E-state index contributed by atoms with van der Waals surface area (Å²) in [6.07, 6.45) is 7.16. The molecule has 0 spiro atoms. The Labute approximate surface area is 250 Å². The van der Waals surface area contributed by atoms with Crippen molar-refractivity contribution in [3.63, 3.8) is 0 Å². The van der Waals surface area contributed by atoms with Gasteiger partial charge in [0.05, 0.1) is 11.4 Å². The number of hydrogen-bond acceptors (Lipinski definition) is 3. The molecule has 2 N–H and O–H groups in total. The lowest BCUT2D eigenvalue weighted by molar-refractivity contribution is -0.117. The number of carbonyl (C=O) groups excluding carboxylic acids is 2. The number of nitrogens with one attached hydrogen (secondary N) is 2. The number of nitrogens with zero attached hydrogens (tertiary/aromatic N) is 3. The van der Waals surface area contributed by atoms with Crippen LogP contribution in [0.15, 0.2) is 54.6 Å². The fourth-order valence-electron chi connectivity index (χ4n) is 7.99. The minimum atomic E-state index is -0.238. The molecule has 0 aliphatic heterocycles.